The van der Waals surface area contributed by atoms with E-state index >= 15 is 0 Å². The molecule has 2 N–H and O–H groups in total. The molecule has 0 amide bonds. The average Bonchev–Trinajstić information content (AvgIpc) is 3.35. The Labute approximate surface area is 238 Å². The molecule has 9 nitrogen and oxygen atoms in total. The first-order chi connectivity index (χ1) is 19.8. The van der Waals surface area contributed by atoms with Gasteiger partial charge in [0.15, 0.2) is 5.65 Å². The Kier molecular flexibility index (Phi) is 7.08. The second kappa shape index (κ2) is 10.9. The molecule has 3 aromatic heterocycles. The van der Waals surface area contributed by atoms with Gasteiger partial charge in [0.05, 0.1) is 16.8 Å². The highest BCUT2D eigenvalue weighted by molar-refractivity contribution is 6.39. The maximum Gasteiger partial charge on any atom is 0.164 e. The first-order valence-corrected chi connectivity index (χ1v) is 13.1. The van der Waals surface area contributed by atoms with Crippen LogP contribution in [0.25, 0.3) is 22.3 Å². The predicted octanol–water partition coefficient (Wildman–Crippen LogP) is 4.59. The summed E-state index contributed by atoms with van der Waals surface area (Å²) in [6.07, 6.45) is 4.64. The van der Waals surface area contributed by atoms with Crippen LogP contribution in [0.1, 0.15) is 30.1 Å². The van der Waals surface area contributed by atoms with Crippen molar-refractivity contribution in [2.45, 2.75) is 31.2 Å². The Hall–Kier alpha value is -4.44. The van der Waals surface area contributed by atoms with E-state index in [1.54, 1.807) is 24.3 Å². The molecule has 6 rings (SSSR count). The van der Waals surface area contributed by atoms with Crippen LogP contribution in [-0.4, -0.2) is 53.6 Å². The van der Waals surface area contributed by atoms with Gasteiger partial charge in [-0.25, -0.2) is 19.0 Å². The lowest BCUT2D eigenvalue weighted by Gasteiger charge is -2.28. The third kappa shape index (κ3) is 5.60. The Morgan fingerprint density at radius 1 is 0.976 bits per heavy atom. The summed E-state index contributed by atoms with van der Waals surface area (Å²) in [6.45, 7) is 3.18. The average molecular weight is 546 g/mol. The number of hydrogen-bond acceptors (Lipinski definition) is 8. The summed E-state index contributed by atoms with van der Waals surface area (Å²) in [5.74, 6) is 0.554. The van der Waals surface area contributed by atoms with Crippen LogP contribution >= 0.6 is 0 Å². The molecule has 0 aliphatic carbocycles. The molecule has 41 heavy (non-hydrogen) atoms. The number of nitrogen functional groups attached to an aromatic ring is 1. The SMILES string of the molecule is [B]C([B])(Oc1cc(F)cc(Oc2ccc(-c3nn(C4CCOCC4)c4ncnc(N)c34)cc2)c1)c1ccc(C)nc1. The minimum absolute atomic E-state index is 0.0998. The predicted molar refractivity (Wildman–Crippen MR) is 154 cm³/mol. The van der Waals surface area contributed by atoms with Gasteiger partial charge in [-0.1, -0.05) is 6.07 Å². The molecule has 1 aliphatic heterocycles. The summed E-state index contributed by atoms with van der Waals surface area (Å²) in [6, 6.07) is 14.8. The molecular formula is C29H25B2FN6O3. The van der Waals surface area contributed by atoms with Crippen LogP contribution in [0.5, 0.6) is 17.2 Å². The van der Waals surface area contributed by atoms with Gasteiger partial charge in [0, 0.05) is 48.9 Å². The summed E-state index contributed by atoms with van der Waals surface area (Å²) >= 11 is 0. The van der Waals surface area contributed by atoms with Gasteiger partial charge in [0.1, 0.15) is 56.6 Å². The summed E-state index contributed by atoms with van der Waals surface area (Å²) in [5, 5.41) is 3.85. The third-order valence-corrected chi connectivity index (χ3v) is 6.91. The Morgan fingerprint density at radius 2 is 1.73 bits per heavy atom. The van der Waals surface area contributed by atoms with Crippen molar-refractivity contribution in [1.29, 1.82) is 0 Å². The van der Waals surface area contributed by atoms with Gasteiger partial charge >= 0.3 is 0 Å². The van der Waals surface area contributed by atoms with Crippen molar-refractivity contribution < 1.29 is 18.6 Å². The molecule has 202 valence electrons. The minimum atomic E-state index is -1.73. The third-order valence-electron chi connectivity index (χ3n) is 6.91. The zero-order chi connectivity index (χ0) is 28.6. The topological polar surface area (TPSA) is 110 Å². The van der Waals surface area contributed by atoms with Crippen LogP contribution in [0.3, 0.4) is 0 Å². The van der Waals surface area contributed by atoms with Gasteiger partial charge in [0.25, 0.3) is 0 Å². The number of ether oxygens (including phenoxy) is 3. The molecule has 0 unspecified atom stereocenters. The van der Waals surface area contributed by atoms with Crippen molar-refractivity contribution in [2.24, 2.45) is 0 Å². The molecular weight excluding hydrogens is 521 g/mol. The molecule has 0 atom stereocenters. The number of nitrogens with zero attached hydrogens (tertiary/aromatic N) is 5. The van der Waals surface area contributed by atoms with Gasteiger partial charge in [-0.2, -0.15) is 5.10 Å². The van der Waals surface area contributed by atoms with Crippen molar-refractivity contribution in [3.63, 3.8) is 0 Å². The maximum absolute atomic E-state index is 14.5. The van der Waals surface area contributed by atoms with E-state index < -0.39 is 11.2 Å². The number of pyridine rings is 1. The molecule has 1 fully saturated rings. The second-order valence-electron chi connectivity index (χ2n) is 9.93. The molecule has 0 spiro atoms. The summed E-state index contributed by atoms with van der Waals surface area (Å²) < 4.78 is 33.6. The molecule has 0 bridgehead atoms. The van der Waals surface area contributed by atoms with Crippen LogP contribution in [-0.2, 0) is 10.1 Å². The lowest BCUT2D eigenvalue weighted by molar-refractivity contribution is 0.0674. The van der Waals surface area contributed by atoms with Crippen LogP contribution in [0.2, 0.25) is 0 Å². The quantitative estimate of drug-likeness (QED) is 0.296. The highest BCUT2D eigenvalue weighted by Crippen LogP contribution is 2.35. The van der Waals surface area contributed by atoms with Gasteiger partial charge in [-0.3, -0.25) is 4.98 Å². The zero-order valence-corrected chi connectivity index (χ0v) is 22.3. The monoisotopic (exact) mass is 546 g/mol. The van der Waals surface area contributed by atoms with Crippen LogP contribution in [0, 0.1) is 12.7 Å². The van der Waals surface area contributed by atoms with E-state index in [0.717, 1.165) is 24.1 Å². The minimum Gasteiger partial charge on any atom is -0.502 e. The zero-order valence-electron chi connectivity index (χ0n) is 22.3. The summed E-state index contributed by atoms with van der Waals surface area (Å²) in [4.78, 5) is 12.9. The number of anilines is 1. The van der Waals surface area contributed by atoms with Gasteiger partial charge in [0.2, 0.25) is 0 Å². The standard InChI is InChI=1S/C29H25B2FN6O3/c1-17-2-5-19(15-34-17)29(30,31)41-24-13-20(32)12-23(14-24)40-22-6-3-18(4-7-22)26-25-27(33)35-16-36-28(25)38(37-26)21-8-10-39-11-9-21/h2-7,12-16,21H,8-11H2,1H3,(H2,33,35,36). The highest BCUT2D eigenvalue weighted by Gasteiger charge is 2.25. The molecule has 12 heteroatoms. The maximum atomic E-state index is 14.5. The van der Waals surface area contributed by atoms with Crippen molar-refractivity contribution >= 4 is 32.5 Å². The van der Waals surface area contributed by atoms with E-state index in [4.69, 9.17) is 40.7 Å². The number of rotatable bonds is 7. The fraction of sp³-hybridized carbons (Fsp3) is 0.241. The van der Waals surface area contributed by atoms with Gasteiger partial charge in [-0.05, 0) is 55.7 Å². The molecule has 4 heterocycles. The van der Waals surface area contributed by atoms with E-state index in [9.17, 15) is 4.39 Å². The smallest absolute Gasteiger partial charge is 0.164 e. The highest BCUT2D eigenvalue weighted by atomic mass is 19.1. The van der Waals surface area contributed by atoms with E-state index in [-0.39, 0.29) is 17.5 Å². The largest absolute Gasteiger partial charge is 0.502 e. The van der Waals surface area contributed by atoms with Gasteiger partial charge < -0.3 is 19.9 Å². The normalized spacial score (nSPS) is 14.3. The Bertz CT molecular complexity index is 1690. The van der Waals surface area contributed by atoms with Crippen LogP contribution < -0.4 is 15.2 Å². The van der Waals surface area contributed by atoms with Crippen LogP contribution in [0.4, 0.5) is 10.2 Å². The van der Waals surface area contributed by atoms with E-state index in [1.807, 2.05) is 23.7 Å². The van der Waals surface area contributed by atoms with Crippen LogP contribution in [0.15, 0.2) is 67.1 Å². The molecule has 0 saturated carbocycles. The summed E-state index contributed by atoms with van der Waals surface area (Å²) in [7, 11) is 12.3. The van der Waals surface area contributed by atoms with E-state index in [2.05, 4.69) is 15.0 Å². The fourth-order valence-electron chi connectivity index (χ4n) is 4.81. The number of aromatic nitrogens is 5. The number of fused-ring (bicyclic) bond motifs is 1. The number of benzene rings is 2. The van der Waals surface area contributed by atoms with E-state index in [1.165, 1.54) is 30.7 Å². The lowest BCUT2D eigenvalue weighted by Crippen LogP contribution is -2.34. The van der Waals surface area contributed by atoms with Crippen molar-refractivity contribution in [3.05, 3.63) is 84.2 Å². The second-order valence-corrected chi connectivity index (χ2v) is 9.93. The Morgan fingerprint density at radius 3 is 2.46 bits per heavy atom. The van der Waals surface area contributed by atoms with Crippen molar-refractivity contribution in [2.75, 3.05) is 18.9 Å². The number of halogens is 1. The summed E-state index contributed by atoms with van der Waals surface area (Å²) in [5.41, 5.74) is 9.66. The first-order valence-electron chi connectivity index (χ1n) is 13.1. The molecule has 1 aliphatic rings. The number of hydrogen-bond donors (Lipinski definition) is 1. The Balaban J connectivity index is 1.24. The number of nitrogens with two attached hydrogens (primary N) is 1. The van der Waals surface area contributed by atoms with Crippen molar-refractivity contribution in [1.82, 2.24) is 24.7 Å². The molecule has 1 saturated heterocycles. The molecule has 2 aromatic carbocycles. The first kappa shape index (κ1) is 26.8. The van der Waals surface area contributed by atoms with Gasteiger partial charge in [-0.15, -0.1) is 0 Å². The lowest BCUT2D eigenvalue weighted by atomic mass is 9.61. The van der Waals surface area contributed by atoms with E-state index in [0.29, 0.717) is 47.1 Å². The number of aryl methyl sites for hydroxylation is 1. The van der Waals surface area contributed by atoms with Crippen molar-refractivity contribution in [3.8, 4) is 28.5 Å². The molecule has 4 radical (unpaired) electrons. The fourth-order valence-corrected chi connectivity index (χ4v) is 4.81. The molecule has 5 aromatic rings.